The summed E-state index contributed by atoms with van der Waals surface area (Å²) in [5, 5.41) is 12.9. The van der Waals surface area contributed by atoms with Crippen LogP contribution in [0.3, 0.4) is 0 Å². The Kier molecular flexibility index (Phi) is 513. The monoisotopic (exact) mass is 1720 g/mol. The van der Waals surface area contributed by atoms with Crippen molar-refractivity contribution >= 4 is 115 Å². The summed E-state index contributed by atoms with van der Waals surface area (Å²) in [6.45, 7) is 109. The zero-order chi connectivity index (χ0) is 94.7. The molecule has 0 aromatic rings. The predicted octanol–water partition coefficient (Wildman–Crippen LogP) is 31.3. The molecular weight excluding hydrogens is 1500 g/mol. The first-order valence-electron chi connectivity index (χ1n) is 47.0. The lowest BCUT2D eigenvalue weighted by Crippen LogP contribution is -2.19. The Morgan fingerprint density at radius 1 is 0.272 bits per heavy atom. The third kappa shape index (κ3) is 322. The number of nitrogens with one attached hydrogen (secondary N) is 4. The summed E-state index contributed by atoms with van der Waals surface area (Å²) in [7, 11) is 0. The van der Waals surface area contributed by atoms with Crippen LogP contribution in [-0.4, -0.2) is 183 Å². The number of nitrogens with zero attached hydrogens (tertiary/aromatic N) is 11. The van der Waals surface area contributed by atoms with Gasteiger partial charge in [0.1, 0.15) is 19.8 Å². The lowest BCUT2D eigenvalue weighted by atomic mass is 10.2. The highest BCUT2D eigenvalue weighted by Gasteiger charge is 1.93. The topological polar surface area (TPSA) is 221 Å². The van der Waals surface area contributed by atoms with Gasteiger partial charge in [-0.3, -0.25) is 34.9 Å². The molecule has 0 aromatic carbocycles. The molecule has 0 saturated carbocycles. The quantitative estimate of drug-likeness (QED) is 0.166. The minimum absolute atomic E-state index is 0.778. The number of thioether (sulfide) groups is 2. The molecule has 0 aliphatic carbocycles. The summed E-state index contributed by atoms with van der Waals surface area (Å²) < 4.78 is 17.3. The summed E-state index contributed by atoms with van der Waals surface area (Å²) >= 11 is 6.89. The third-order valence-corrected chi connectivity index (χ3v) is 10.7. The molecule has 114 heavy (non-hydrogen) atoms. The minimum atomic E-state index is 0.778. The van der Waals surface area contributed by atoms with Crippen molar-refractivity contribution < 1.29 is 19.1 Å². The number of rotatable bonds is 0. The molecule has 0 saturated heterocycles. The zero-order valence-corrected chi connectivity index (χ0v) is 90.2. The largest absolute Gasteiger partial charge is 0.483 e. The van der Waals surface area contributed by atoms with Gasteiger partial charge in [0, 0.05) is 119 Å². The summed E-state index contributed by atoms with van der Waals surface area (Å²) in [6, 6.07) is 0. The summed E-state index contributed by atoms with van der Waals surface area (Å²) in [5.74, 6) is 4.88. The summed E-state index contributed by atoms with van der Waals surface area (Å²) in [4.78, 5) is 36.5. The van der Waals surface area contributed by atoms with E-state index in [1.165, 1.54) is 87.2 Å². The van der Waals surface area contributed by atoms with Crippen molar-refractivity contribution in [2.75, 3.05) is 115 Å². The molecule has 0 spiro atoms. The van der Waals surface area contributed by atoms with Crippen molar-refractivity contribution in [3.05, 3.63) is 12.3 Å². The second-order valence-corrected chi connectivity index (χ2v) is 17.1. The molecule has 708 valence electrons. The number of aliphatic imine (C=N–C) groups is 7. The van der Waals surface area contributed by atoms with Crippen LogP contribution in [0.5, 0.6) is 0 Å². The minimum Gasteiger partial charge on any atom is -0.483 e. The number of hydrogen-bond acceptors (Lipinski definition) is 23. The summed E-state index contributed by atoms with van der Waals surface area (Å²) in [5.41, 5.74) is 9.49. The van der Waals surface area contributed by atoms with Crippen molar-refractivity contribution in [1.29, 1.82) is 0 Å². The van der Waals surface area contributed by atoms with Crippen molar-refractivity contribution in [2.45, 2.75) is 409 Å². The molecule has 12 aliphatic rings. The fraction of sp³-hybridized carbons (Fsp3) is 0.857. The first kappa shape index (κ1) is 177. The fourth-order valence-electron chi connectivity index (χ4n) is 4.35. The molecule has 23 heteroatoms. The second-order valence-electron chi connectivity index (χ2n) is 13.4. The van der Waals surface area contributed by atoms with E-state index < -0.39 is 0 Å². The summed E-state index contributed by atoms with van der Waals surface area (Å²) in [6.07, 6.45) is 34.2. The standard InChI is InChI=1S/C5H9N.C4H8N2.2C4H7NO.2C4H7NS.2C3H6N2.2C3H5NO.2C3H5NS.24C2H6/c1-2-4-6-5-3-1;2*1-2-5-4-6-3-1;1-2-4-6-5-3-1;1-2-5-4-6-3-1;1-2-4-6-5-3-1;1-2-5-3-4-1;1-2-4-5-3-1;1-2-5-3-4-1;1-2-4-5-3-1;1-2-5-3-4-1;1-2-4-5-3-1;24*1-2/h4H,1-3,5H2;4H,1-3H2,(H,5,6);4H,1-3H2;3H,1-2,4H2;4H,1-3H2;3H,1-2,4H2;3H,1-2H2,(H,4,5);1-2,4-5H,3H2;3H,1-2H2;2H,1,3H2;3H,1-2H2;2H,1,3H2;24*1-2H3. The molecule has 12 heterocycles. The lowest BCUT2D eigenvalue weighted by molar-refractivity contribution is 0.134. The van der Waals surface area contributed by atoms with Crippen LogP contribution in [0.1, 0.15) is 409 Å². The van der Waals surface area contributed by atoms with E-state index in [1.54, 1.807) is 72.5 Å². The molecule has 0 radical (unpaired) electrons. The van der Waals surface area contributed by atoms with Crippen molar-refractivity contribution in [2.24, 2.45) is 54.1 Å². The van der Waals surface area contributed by atoms with Crippen LogP contribution in [0.15, 0.2) is 66.3 Å². The van der Waals surface area contributed by atoms with Gasteiger partial charge in [-0.2, -0.15) is 0 Å². The molecule has 19 nitrogen and oxygen atoms in total. The van der Waals surface area contributed by atoms with Crippen LogP contribution in [0, 0.1) is 0 Å². The number of hydrazine groups is 1. The van der Waals surface area contributed by atoms with E-state index >= 15 is 0 Å². The molecule has 4 N–H and O–H groups in total. The van der Waals surface area contributed by atoms with Gasteiger partial charge in [0.15, 0.2) is 12.8 Å². The van der Waals surface area contributed by atoms with E-state index in [9.17, 15) is 0 Å². The first-order valence-corrected chi connectivity index (χ1v) is 51.0. The van der Waals surface area contributed by atoms with Gasteiger partial charge in [0.05, 0.1) is 43.5 Å². The van der Waals surface area contributed by atoms with E-state index in [2.05, 4.69) is 90.0 Å². The average Bonchev–Trinajstić information content (AvgIpc) is 4.51. The van der Waals surface area contributed by atoms with Gasteiger partial charge >= 0.3 is 0 Å². The van der Waals surface area contributed by atoms with Crippen LogP contribution in [0.4, 0.5) is 0 Å². The Bertz CT molecular complexity index is 1080. The van der Waals surface area contributed by atoms with Gasteiger partial charge in [-0.1, -0.05) is 349 Å². The zero-order valence-electron chi connectivity index (χ0n) is 86.9. The van der Waals surface area contributed by atoms with E-state index in [1.807, 2.05) is 374 Å². The third-order valence-electron chi connectivity index (χ3n) is 7.66. The molecule has 0 fully saturated rings. The second kappa shape index (κ2) is 331. The van der Waals surface area contributed by atoms with Gasteiger partial charge in [-0.25, -0.2) is 14.2 Å². The highest BCUT2D eigenvalue weighted by molar-refractivity contribution is 8.12. The molecule has 0 amide bonds. The lowest BCUT2D eigenvalue weighted by Gasteiger charge is -2.01. The van der Waals surface area contributed by atoms with Crippen LogP contribution in [-0.2, 0) is 19.1 Å². The molecular formula is C91H221N15O4S4. The smallest absolute Gasteiger partial charge is 0.169 e. The normalized spacial score (nSPS) is 13.0. The Morgan fingerprint density at radius 2 is 0.675 bits per heavy atom. The maximum Gasteiger partial charge on any atom is 0.169 e. The van der Waals surface area contributed by atoms with Crippen molar-refractivity contribution in [3.8, 4) is 0 Å². The van der Waals surface area contributed by atoms with E-state index in [0.717, 1.165) is 118 Å². The Labute approximate surface area is 741 Å². The maximum absolute atomic E-state index is 4.78. The van der Waals surface area contributed by atoms with E-state index in [-0.39, 0.29) is 0 Å². The van der Waals surface area contributed by atoms with E-state index in [4.69, 9.17) is 4.74 Å². The average molecular weight is 1720 g/mol. The maximum atomic E-state index is 4.78. The Balaban J connectivity index is -0.0000000337. The van der Waals surface area contributed by atoms with Crippen LogP contribution < -0.4 is 21.5 Å². The highest BCUT2D eigenvalue weighted by Crippen LogP contribution is 2.09. The van der Waals surface area contributed by atoms with Crippen LogP contribution in [0.25, 0.3) is 0 Å². The first-order chi connectivity index (χ1) is 57.0. The van der Waals surface area contributed by atoms with Gasteiger partial charge in [-0.15, -0.1) is 23.5 Å². The molecule has 0 unspecified atom stereocenters. The number of oxime groups is 2. The molecule has 0 atom stereocenters. The molecule has 12 aliphatic heterocycles. The van der Waals surface area contributed by atoms with Gasteiger partial charge in [-0.05, 0) is 94.3 Å². The van der Waals surface area contributed by atoms with Crippen LogP contribution >= 0.6 is 47.4 Å². The Hall–Kier alpha value is -3.93. The highest BCUT2D eigenvalue weighted by atomic mass is 32.2. The predicted molar refractivity (Wildman–Crippen MR) is 565 cm³/mol. The van der Waals surface area contributed by atoms with Gasteiger partial charge in [0.2, 0.25) is 0 Å². The van der Waals surface area contributed by atoms with E-state index in [0.29, 0.717) is 0 Å². The van der Waals surface area contributed by atoms with Crippen LogP contribution in [0.2, 0.25) is 0 Å². The van der Waals surface area contributed by atoms with Crippen molar-refractivity contribution in [1.82, 2.24) is 21.5 Å². The van der Waals surface area contributed by atoms with Gasteiger partial charge in [0.25, 0.3) is 0 Å². The molecule has 12 rings (SSSR count). The van der Waals surface area contributed by atoms with Crippen molar-refractivity contribution in [3.63, 3.8) is 0 Å². The molecule has 0 bridgehead atoms. The van der Waals surface area contributed by atoms with Gasteiger partial charge < -0.3 is 35.2 Å². The molecule has 0 aromatic heterocycles. The number of hydrogen-bond donors (Lipinski definition) is 4. The number of ether oxygens (including phenoxy) is 2. The fourth-order valence-corrected chi connectivity index (χ4v) is 6.63. The SMILES string of the molecule is C1=CNNC1.C1=NCCCC1.C1=NCCCN1.C1=NCCCO1.C1=NCCCS1.C1=NCCN1.C1=NCCO1.C1=NCCS1.C1=NOCC1.C1=NOCCC1.C1=NSCC1.C1=NSCCC1.CC.CC.CC.CC.CC.CC.CC.CC.CC.CC.CC.CC.CC.CC.CC.CC.CC.CC.CC.CC.CC.CC.CC.CC. The Morgan fingerprint density at radius 3 is 0.781 bits per heavy atom.